The van der Waals surface area contributed by atoms with Crippen LogP contribution in [0.25, 0.3) is 0 Å². The number of aromatic carboxylic acids is 1. The molecule has 0 bridgehead atoms. The molecule has 0 atom stereocenters. The Labute approximate surface area is 117 Å². The van der Waals surface area contributed by atoms with Gasteiger partial charge in [0.15, 0.2) is 9.84 Å². The highest BCUT2D eigenvalue weighted by molar-refractivity contribution is 7.91. The molecule has 1 rings (SSSR count). The Morgan fingerprint density at radius 2 is 1.90 bits per heavy atom. The second kappa shape index (κ2) is 7.04. The van der Waals surface area contributed by atoms with Crippen LogP contribution in [0.2, 0.25) is 0 Å². The lowest BCUT2D eigenvalue weighted by Crippen LogP contribution is -2.31. The Morgan fingerprint density at radius 3 is 2.50 bits per heavy atom. The molecular formula is C13H17NO5S. The molecule has 0 aromatic heterocycles. The van der Waals surface area contributed by atoms with E-state index < -0.39 is 33.2 Å². The number of hydrogen-bond acceptors (Lipinski definition) is 4. The second-order valence-electron chi connectivity index (χ2n) is 4.34. The standard InChI is InChI=1S/C13H17NO5S/c1-2-7-14-12(15)9-20(18,19)8-10-5-3-4-6-11(10)13(16)17/h3-6H,2,7-9H2,1H3,(H,14,15)(H,16,17). The highest BCUT2D eigenvalue weighted by Gasteiger charge is 2.20. The Morgan fingerprint density at radius 1 is 1.25 bits per heavy atom. The molecule has 0 saturated heterocycles. The van der Waals surface area contributed by atoms with Crippen LogP contribution in [-0.4, -0.2) is 37.7 Å². The minimum Gasteiger partial charge on any atom is -0.478 e. The quantitative estimate of drug-likeness (QED) is 0.776. The summed E-state index contributed by atoms with van der Waals surface area (Å²) in [4.78, 5) is 22.4. The van der Waals surface area contributed by atoms with Crippen molar-refractivity contribution in [3.8, 4) is 0 Å². The van der Waals surface area contributed by atoms with Crippen LogP contribution in [-0.2, 0) is 20.4 Å². The minimum absolute atomic E-state index is 0.0648. The second-order valence-corrected chi connectivity index (χ2v) is 6.41. The Balaban J connectivity index is 2.81. The van der Waals surface area contributed by atoms with E-state index in [2.05, 4.69) is 5.32 Å². The number of rotatable bonds is 7. The summed E-state index contributed by atoms with van der Waals surface area (Å²) in [5, 5.41) is 11.5. The number of amides is 1. The Kier molecular flexibility index (Phi) is 5.69. The van der Waals surface area contributed by atoms with Crippen molar-refractivity contribution in [3.63, 3.8) is 0 Å². The number of carbonyl (C=O) groups is 2. The predicted molar refractivity (Wildman–Crippen MR) is 74.2 cm³/mol. The SMILES string of the molecule is CCCNC(=O)CS(=O)(=O)Cc1ccccc1C(=O)O. The van der Waals surface area contributed by atoms with Gasteiger partial charge in [-0.3, -0.25) is 4.79 Å². The fourth-order valence-corrected chi connectivity index (χ4v) is 2.99. The van der Waals surface area contributed by atoms with Gasteiger partial charge in [-0.2, -0.15) is 0 Å². The summed E-state index contributed by atoms with van der Waals surface area (Å²) in [5.74, 6) is -2.86. The Bertz CT molecular complexity index is 595. The molecule has 110 valence electrons. The molecule has 0 aliphatic carbocycles. The number of sulfone groups is 1. The van der Waals surface area contributed by atoms with Crippen molar-refractivity contribution in [1.82, 2.24) is 5.32 Å². The van der Waals surface area contributed by atoms with E-state index in [0.29, 0.717) is 13.0 Å². The maximum atomic E-state index is 11.9. The molecule has 20 heavy (non-hydrogen) atoms. The van der Waals surface area contributed by atoms with Crippen molar-refractivity contribution in [1.29, 1.82) is 0 Å². The first-order chi connectivity index (χ1) is 9.35. The molecule has 0 unspecified atom stereocenters. The van der Waals surface area contributed by atoms with Gasteiger partial charge in [-0.15, -0.1) is 0 Å². The van der Waals surface area contributed by atoms with E-state index in [1.807, 2.05) is 6.92 Å². The fraction of sp³-hybridized carbons (Fsp3) is 0.385. The zero-order valence-electron chi connectivity index (χ0n) is 11.1. The molecule has 0 heterocycles. The van der Waals surface area contributed by atoms with E-state index >= 15 is 0 Å². The van der Waals surface area contributed by atoms with Gasteiger partial charge in [-0.05, 0) is 18.1 Å². The molecule has 0 spiro atoms. The van der Waals surface area contributed by atoms with Gasteiger partial charge in [0, 0.05) is 6.54 Å². The average molecular weight is 299 g/mol. The number of benzene rings is 1. The third kappa shape index (κ3) is 5.00. The summed E-state index contributed by atoms with van der Waals surface area (Å²) in [6, 6.07) is 5.86. The monoisotopic (exact) mass is 299 g/mol. The summed E-state index contributed by atoms with van der Waals surface area (Å²) in [6.07, 6.45) is 0.716. The summed E-state index contributed by atoms with van der Waals surface area (Å²) in [5.41, 5.74) is 0.119. The van der Waals surface area contributed by atoms with E-state index in [4.69, 9.17) is 5.11 Å². The van der Waals surface area contributed by atoms with Crippen LogP contribution in [0.15, 0.2) is 24.3 Å². The molecule has 1 aromatic carbocycles. The molecule has 1 amide bonds. The molecular weight excluding hydrogens is 282 g/mol. The first-order valence-electron chi connectivity index (χ1n) is 6.14. The normalized spacial score (nSPS) is 11.1. The van der Waals surface area contributed by atoms with Crippen LogP contribution in [0.1, 0.15) is 29.3 Å². The molecule has 2 N–H and O–H groups in total. The topological polar surface area (TPSA) is 101 Å². The Hall–Kier alpha value is -1.89. The van der Waals surface area contributed by atoms with Gasteiger partial charge in [-0.1, -0.05) is 25.1 Å². The van der Waals surface area contributed by atoms with Crippen molar-refractivity contribution in [2.45, 2.75) is 19.1 Å². The zero-order chi connectivity index (χ0) is 15.2. The van der Waals surface area contributed by atoms with Gasteiger partial charge in [0.25, 0.3) is 0 Å². The van der Waals surface area contributed by atoms with Crippen molar-refractivity contribution in [2.24, 2.45) is 0 Å². The number of nitrogens with one attached hydrogen (secondary N) is 1. The summed E-state index contributed by atoms with van der Waals surface area (Å²) in [6.45, 7) is 2.28. The molecule has 0 fully saturated rings. The first kappa shape index (κ1) is 16.2. The smallest absolute Gasteiger partial charge is 0.335 e. The van der Waals surface area contributed by atoms with Crippen molar-refractivity contribution in [2.75, 3.05) is 12.3 Å². The summed E-state index contributed by atoms with van der Waals surface area (Å²) in [7, 11) is -3.70. The van der Waals surface area contributed by atoms with Gasteiger partial charge in [0.05, 0.1) is 11.3 Å². The molecule has 0 aliphatic heterocycles. The maximum Gasteiger partial charge on any atom is 0.335 e. The van der Waals surface area contributed by atoms with Gasteiger partial charge < -0.3 is 10.4 Å². The van der Waals surface area contributed by atoms with E-state index in [1.54, 1.807) is 6.07 Å². The third-order valence-electron chi connectivity index (χ3n) is 2.55. The largest absolute Gasteiger partial charge is 0.478 e. The van der Waals surface area contributed by atoms with Crippen LogP contribution in [0.5, 0.6) is 0 Å². The third-order valence-corrected chi connectivity index (χ3v) is 4.00. The van der Waals surface area contributed by atoms with Crippen molar-refractivity contribution >= 4 is 21.7 Å². The molecule has 7 heteroatoms. The van der Waals surface area contributed by atoms with Crippen LogP contribution in [0, 0.1) is 0 Å². The van der Waals surface area contributed by atoms with E-state index in [9.17, 15) is 18.0 Å². The lowest BCUT2D eigenvalue weighted by molar-refractivity contribution is -0.118. The summed E-state index contributed by atoms with van der Waals surface area (Å²) >= 11 is 0. The molecule has 0 radical (unpaired) electrons. The molecule has 0 saturated carbocycles. The highest BCUT2D eigenvalue weighted by Crippen LogP contribution is 2.13. The molecule has 6 nitrogen and oxygen atoms in total. The fourth-order valence-electron chi connectivity index (χ4n) is 1.66. The minimum atomic E-state index is -3.70. The maximum absolute atomic E-state index is 11.9. The van der Waals surface area contributed by atoms with Crippen molar-refractivity contribution < 1.29 is 23.1 Å². The van der Waals surface area contributed by atoms with Crippen LogP contribution in [0.3, 0.4) is 0 Å². The number of carboxylic acid groups (broad SMARTS) is 1. The predicted octanol–water partition coefficient (Wildman–Crippen LogP) is 0.826. The van der Waals surface area contributed by atoms with Crippen LogP contribution < -0.4 is 5.32 Å². The van der Waals surface area contributed by atoms with Crippen molar-refractivity contribution in [3.05, 3.63) is 35.4 Å². The van der Waals surface area contributed by atoms with Gasteiger partial charge in [-0.25, -0.2) is 13.2 Å². The number of carbonyl (C=O) groups excluding carboxylic acids is 1. The summed E-state index contributed by atoms with van der Waals surface area (Å²) < 4.78 is 23.8. The van der Waals surface area contributed by atoms with E-state index in [0.717, 1.165) is 0 Å². The van der Waals surface area contributed by atoms with Gasteiger partial charge in [0.2, 0.25) is 5.91 Å². The zero-order valence-corrected chi connectivity index (χ0v) is 11.9. The van der Waals surface area contributed by atoms with Gasteiger partial charge >= 0.3 is 5.97 Å². The lowest BCUT2D eigenvalue weighted by Gasteiger charge is -2.07. The first-order valence-corrected chi connectivity index (χ1v) is 7.96. The average Bonchev–Trinajstić information content (AvgIpc) is 2.35. The number of carboxylic acids is 1. The van der Waals surface area contributed by atoms with Crippen LogP contribution >= 0.6 is 0 Å². The lowest BCUT2D eigenvalue weighted by atomic mass is 10.1. The van der Waals surface area contributed by atoms with E-state index in [-0.39, 0.29) is 11.1 Å². The number of hydrogen-bond donors (Lipinski definition) is 2. The van der Waals surface area contributed by atoms with E-state index in [1.165, 1.54) is 18.2 Å². The van der Waals surface area contributed by atoms with Crippen LogP contribution in [0.4, 0.5) is 0 Å². The molecule has 1 aromatic rings. The highest BCUT2D eigenvalue weighted by atomic mass is 32.2. The molecule has 0 aliphatic rings. The van der Waals surface area contributed by atoms with Gasteiger partial charge in [0.1, 0.15) is 5.75 Å².